The van der Waals surface area contributed by atoms with Gasteiger partial charge in [-0.1, -0.05) is 18.2 Å². The third-order valence-corrected chi connectivity index (χ3v) is 3.00. The van der Waals surface area contributed by atoms with Gasteiger partial charge < -0.3 is 10.6 Å². The molecule has 0 aliphatic carbocycles. The van der Waals surface area contributed by atoms with E-state index in [0.717, 1.165) is 11.3 Å². The normalized spacial score (nSPS) is 10.2. The van der Waals surface area contributed by atoms with Crippen LogP contribution in [0.2, 0.25) is 0 Å². The summed E-state index contributed by atoms with van der Waals surface area (Å²) in [6.45, 7) is 4.55. The number of nitrogens with zero attached hydrogens (tertiary/aromatic N) is 2. The number of hydrogen-bond donors (Lipinski definition) is 1. The van der Waals surface area contributed by atoms with Crippen LogP contribution in [0.15, 0.2) is 42.6 Å². The van der Waals surface area contributed by atoms with Crippen molar-refractivity contribution < 1.29 is 4.79 Å². The molecule has 0 aliphatic rings. The monoisotopic (exact) mass is 255 g/mol. The third-order valence-electron chi connectivity index (χ3n) is 3.00. The Kier molecular flexibility index (Phi) is 3.80. The van der Waals surface area contributed by atoms with Gasteiger partial charge in [0.1, 0.15) is 5.82 Å². The Morgan fingerprint density at radius 1 is 1.26 bits per heavy atom. The van der Waals surface area contributed by atoms with Gasteiger partial charge in [0, 0.05) is 18.4 Å². The van der Waals surface area contributed by atoms with Crippen molar-refractivity contribution >= 4 is 17.4 Å². The molecule has 2 aromatic rings. The van der Waals surface area contributed by atoms with Crippen molar-refractivity contribution in [3.8, 4) is 0 Å². The van der Waals surface area contributed by atoms with Gasteiger partial charge in [0.15, 0.2) is 0 Å². The molecule has 2 rings (SSSR count). The quantitative estimate of drug-likeness (QED) is 0.917. The highest BCUT2D eigenvalue weighted by atomic mass is 16.2. The van der Waals surface area contributed by atoms with Gasteiger partial charge in [-0.2, -0.15) is 0 Å². The summed E-state index contributed by atoms with van der Waals surface area (Å²) in [6.07, 6.45) is 1.51. The molecule has 0 aliphatic heterocycles. The summed E-state index contributed by atoms with van der Waals surface area (Å²) in [4.78, 5) is 18.2. The standard InChI is InChI=1S/C15H17N3O/c1-3-18(13-7-5-4-6-11(13)2)15(19)12-8-9-14(16)17-10-12/h4-10H,3H2,1-2H3,(H2,16,17). The first-order chi connectivity index (χ1) is 9.13. The summed E-state index contributed by atoms with van der Waals surface area (Å²) in [7, 11) is 0. The molecule has 98 valence electrons. The van der Waals surface area contributed by atoms with E-state index in [9.17, 15) is 4.79 Å². The highest BCUT2D eigenvalue weighted by Crippen LogP contribution is 2.21. The Bertz CT molecular complexity index is 578. The number of para-hydroxylation sites is 1. The largest absolute Gasteiger partial charge is 0.384 e. The second-order valence-corrected chi connectivity index (χ2v) is 4.31. The highest BCUT2D eigenvalue weighted by Gasteiger charge is 2.17. The van der Waals surface area contributed by atoms with Crippen LogP contribution in [-0.4, -0.2) is 17.4 Å². The number of nitrogens with two attached hydrogens (primary N) is 1. The van der Waals surface area contributed by atoms with Gasteiger partial charge >= 0.3 is 0 Å². The van der Waals surface area contributed by atoms with Crippen molar-refractivity contribution in [1.82, 2.24) is 4.98 Å². The number of amides is 1. The van der Waals surface area contributed by atoms with E-state index >= 15 is 0 Å². The lowest BCUT2D eigenvalue weighted by Crippen LogP contribution is -2.31. The zero-order valence-electron chi connectivity index (χ0n) is 11.1. The van der Waals surface area contributed by atoms with Crippen LogP contribution in [0.25, 0.3) is 0 Å². The molecule has 0 atom stereocenters. The number of carbonyl (C=O) groups is 1. The van der Waals surface area contributed by atoms with Crippen molar-refractivity contribution in [3.63, 3.8) is 0 Å². The summed E-state index contributed by atoms with van der Waals surface area (Å²) in [5.41, 5.74) is 8.07. The van der Waals surface area contributed by atoms with Crippen molar-refractivity contribution in [2.45, 2.75) is 13.8 Å². The Morgan fingerprint density at radius 3 is 2.58 bits per heavy atom. The summed E-state index contributed by atoms with van der Waals surface area (Å²) in [5, 5.41) is 0. The van der Waals surface area contributed by atoms with Crippen LogP contribution in [0.3, 0.4) is 0 Å². The molecule has 1 aromatic carbocycles. The third kappa shape index (κ3) is 2.73. The molecule has 1 heterocycles. The minimum Gasteiger partial charge on any atom is -0.384 e. The van der Waals surface area contributed by atoms with Crippen molar-refractivity contribution in [2.75, 3.05) is 17.2 Å². The number of pyridine rings is 1. The lowest BCUT2D eigenvalue weighted by Gasteiger charge is -2.22. The number of rotatable bonds is 3. The Hall–Kier alpha value is -2.36. The number of carbonyl (C=O) groups excluding carboxylic acids is 1. The Labute approximate surface area is 112 Å². The summed E-state index contributed by atoms with van der Waals surface area (Å²) in [6, 6.07) is 11.2. The predicted octanol–water partition coefficient (Wildman–Crippen LogP) is 2.64. The molecule has 2 N–H and O–H groups in total. The Morgan fingerprint density at radius 2 is 2.00 bits per heavy atom. The smallest absolute Gasteiger partial charge is 0.259 e. The van der Waals surface area contributed by atoms with Crippen LogP contribution in [0.5, 0.6) is 0 Å². The van der Waals surface area contributed by atoms with Crippen LogP contribution in [0.4, 0.5) is 11.5 Å². The van der Waals surface area contributed by atoms with Crippen LogP contribution < -0.4 is 10.6 Å². The van der Waals surface area contributed by atoms with Crippen molar-refractivity contribution in [1.29, 1.82) is 0 Å². The molecule has 4 heteroatoms. The van der Waals surface area contributed by atoms with Crippen LogP contribution in [0, 0.1) is 6.92 Å². The van der Waals surface area contributed by atoms with Gasteiger partial charge in [-0.3, -0.25) is 4.79 Å². The average molecular weight is 255 g/mol. The molecule has 1 aromatic heterocycles. The molecule has 1 amide bonds. The van der Waals surface area contributed by atoms with E-state index in [0.29, 0.717) is 17.9 Å². The molecule has 0 saturated heterocycles. The number of aryl methyl sites for hydroxylation is 1. The second-order valence-electron chi connectivity index (χ2n) is 4.31. The fourth-order valence-corrected chi connectivity index (χ4v) is 1.98. The molecule has 0 unspecified atom stereocenters. The van der Waals surface area contributed by atoms with E-state index in [-0.39, 0.29) is 5.91 Å². The van der Waals surface area contributed by atoms with Crippen molar-refractivity contribution in [3.05, 3.63) is 53.7 Å². The van der Waals surface area contributed by atoms with E-state index < -0.39 is 0 Å². The van der Waals surface area contributed by atoms with Gasteiger partial charge in [-0.25, -0.2) is 4.98 Å². The maximum atomic E-state index is 12.5. The SMILES string of the molecule is CCN(C(=O)c1ccc(N)nc1)c1ccccc1C. The van der Waals surface area contributed by atoms with E-state index in [1.165, 1.54) is 6.20 Å². The predicted molar refractivity (Wildman–Crippen MR) is 77.2 cm³/mol. The maximum Gasteiger partial charge on any atom is 0.259 e. The van der Waals surface area contributed by atoms with Crippen LogP contribution in [-0.2, 0) is 0 Å². The lowest BCUT2D eigenvalue weighted by molar-refractivity contribution is 0.0988. The van der Waals surface area contributed by atoms with Gasteiger partial charge in [0.2, 0.25) is 0 Å². The number of benzene rings is 1. The van der Waals surface area contributed by atoms with E-state index in [4.69, 9.17) is 5.73 Å². The first-order valence-corrected chi connectivity index (χ1v) is 6.22. The van der Waals surface area contributed by atoms with Gasteiger partial charge in [0.25, 0.3) is 5.91 Å². The number of hydrogen-bond acceptors (Lipinski definition) is 3. The molecule has 0 spiro atoms. The minimum atomic E-state index is -0.0655. The molecule has 0 saturated carbocycles. The summed E-state index contributed by atoms with van der Waals surface area (Å²) < 4.78 is 0. The summed E-state index contributed by atoms with van der Waals surface area (Å²) in [5.74, 6) is 0.347. The van der Waals surface area contributed by atoms with E-state index in [1.54, 1.807) is 17.0 Å². The first kappa shape index (κ1) is 13.1. The lowest BCUT2D eigenvalue weighted by atomic mass is 10.1. The number of aromatic nitrogens is 1. The molecular formula is C15H17N3O. The summed E-state index contributed by atoms with van der Waals surface area (Å²) >= 11 is 0. The zero-order valence-corrected chi connectivity index (χ0v) is 11.1. The molecular weight excluding hydrogens is 238 g/mol. The van der Waals surface area contributed by atoms with E-state index in [1.807, 2.05) is 38.1 Å². The molecule has 0 bridgehead atoms. The average Bonchev–Trinajstić information content (AvgIpc) is 2.42. The van der Waals surface area contributed by atoms with Crippen LogP contribution in [0.1, 0.15) is 22.8 Å². The molecule has 4 nitrogen and oxygen atoms in total. The zero-order chi connectivity index (χ0) is 13.8. The topological polar surface area (TPSA) is 59.2 Å². The fraction of sp³-hybridized carbons (Fsp3) is 0.200. The first-order valence-electron chi connectivity index (χ1n) is 6.22. The maximum absolute atomic E-state index is 12.5. The van der Waals surface area contributed by atoms with Gasteiger partial charge in [0.05, 0.1) is 5.56 Å². The molecule has 0 fully saturated rings. The fourth-order valence-electron chi connectivity index (χ4n) is 1.98. The molecule has 0 radical (unpaired) electrons. The highest BCUT2D eigenvalue weighted by molar-refractivity contribution is 6.06. The molecule has 19 heavy (non-hydrogen) atoms. The van der Waals surface area contributed by atoms with Gasteiger partial charge in [-0.15, -0.1) is 0 Å². The number of nitrogen functional groups attached to an aromatic ring is 1. The second kappa shape index (κ2) is 5.52. The van der Waals surface area contributed by atoms with E-state index in [2.05, 4.69) is 4.98 Å². The minimum absolute atomic E-state index is 0.0655. The Balaban J connectivity index is 2.35. The van der Waals surface area contributed by atoms with Gasteiger partial charge in [-0.05, 0) is 37.6 Å². The van der Waals surface area contributed by atoms with Crippen molar-refractivity contribution in [2.24, 2.45) is 0 Å². The number of anilines is 2. The van der Waals surface area contributed by atoms with Crippen LogP contribution >= 0.6 is 0 Å².